The van der Waals surface area contributed by atoms with Gasteiger partial charge in [-0.15, -0.1) is 0 Å². The van der Waals surface area contributed by atoms with Crippen LogP contribution in [0.2, 0.25) is 45.3 Å². The zero-order valence-electron chi connectivity index (χ0n) is 11.7. The average Bonchev–Trinajstić information content (AvgIpc) is 2.13. The molecule has 16 heavy (non-hydrogen) atoms. The molecular formula is C14H26Si2. The molecule has 90 valence electrons. The minimum absolute atomic E-state index is 0.834. The molecule has 1 rings (SSSR count). The first kappa shape index (κ1) is 13.7. The molecule has 0 nitrogen and oxygen atoms in total. The lowest BCUT2D eigenvalue weighted by Gasteiger charge is -2.34. The van der Waals surface area contributed by atoms with Gasteiger partial charge in [0.05, 0.1) is 8.07 Å². The number of hydrogen-bond donors (Lipinski definition) is 0. The van der Waals surface area contributed by atoms with E-state index in [0.29, 0.717) is 0 Å². The van der Waals surface area contributed by atoms with Crippen LogP contribution in [0.4, 0.5) is 0 Å². The molecule has 1 atom stereocenters. The Hall–Kier alpha value is -0.346. The molecule has 0 bridgehead atoms. The Morgan fingerprint density at radius 1 is 0.875 bits per heavy atom. The third-order valence-electron chi connectivity index (χ3n) is 3.06. The molecule has 0 aliphatic carbocycles. The first-order valence-electron chi connectivity index (χ1n) is 6.25. The van der Waals surface area contributed by atoms with Crippen LogP contribution in [0.15, 0.2) is 30.3 Å². The molecule has 1 unspecified atom stereocenters. The lowest BCUT2D eigenvalue weighted by Crippen LogP contribution is -2.36. The summed E-state index contributed by atoms with van der Waals surface area (Å²) in [5.41, 5.74) is 2.41. The molecule has 1 aromatic rings. The van der Waals surface area contributed by atoms with Crippen molar-refractivity contribution in [3.63, 3.8) is 0 Å². The van der Waals surface area contributed by atoms with E-state index in [1.165, 1.54) is 6.04 Å². The zero-order chi connectivity index (χ0) is 12.4. The van der Waals surface area contributed by atoms with E-state index in [4.69, 9.17) is 0 Å². The summed E-state index contributed by atoms with van der Waals surface area (Å²) in [6, 6.07) is 12.6. The maximum atomic E-state index is 2.50. The first-order chi connectivity index (χ1) is 7.20. The summed E-state index contributed by atoms with van der Waals surface area (Å²) >= 11 is 0. The summed E-state index contributed by atoms with van der Waals surface area (Å²) in [7, 11) is -2.08. The third-order valence-corrected chi connectivity index (χ3v) is 7.73. The van der Waals surface area contributed by atoms with E-state index in [9.17, 15) is 0 Å². The van der Waals surface area contributed by atoms with Crippen molar-refractivity contribution in [2.75, 3.05) is 0 Å². The van der Waals surface area contributed by atoms with Crippen molar-refractivity contribution in [3.05, 3.63) is 35.9 Å². The van der Waals surface area contributed by atoms with Gasteiger partial charge in [0.25, 0.3) is 0 Å². The minimum atomic E-state index is -1.10. The molecule has 0 saturated heterocycles. The topological polar surface area (TPSA) is 0 Å². The largest absolute Gasteiger partial charge is 0.0695 e. The highest BCUT2D eigenvalue weighted by molar-refractivity contribution is 6.82. The molecular weight excluding hydrogens is 224 g/mol. The highest BCUT2D eigenvalue weighted by Gasteiger charge is 2.32. The van der Waals surface area contributed by atoms with Gasteiger partial charge >= 0.3 is 0 Å². The normalized spacial score (nSPS) is 14.9. The Morgan fingerprint density at radius 3 is 1.75 bits per heavy atom. The van der Waals surface area contributed by atoms with Crippen LogP contribution in [0.25, 0.3) is 0 Å². The predicted octanol–water partition coefficient (Wildman–Crippen LogP) is 4.99. The summed E-state index contributed by atoms with van der Waals surface area (Å²) < 4.78 is 0. The van der Waals surface area contributed by atoms with Gasteiger partial charge in [0, 0.05) is 8.07 Å². The molecule has 0 radical (unpaired) electrons. The van der Waals surface area contributed by atoms with Crippen molar-refractivity contribution >= 4 is 16.1 Å². The van der Waals surface area contributed by atoms with Crippen LogP contribution >= 0.6 is 0 Å². The highest BCUT2D eigenvalue weighted by atomic mass is 28.3. The molecule has 0 heterocycles. The van der Waals surface area contributed by atoms with E-state index in [1.54, 1.807) is 5.56 Å². The van der Waals surface area contributed by atoms with E-state index in [0.717, 1.165) is 5.54 Å². The number of hydrogen-bond acceptors (Lipinski definition) is 0. The van der Waals surface area contributed by atoms with Crippen LogP contribution < -0.4 is 0 Å². The fourth-order valence-corrected chi connectivity index (χ4v) is 9.16. The van der Waals surface area contributed by atoms with E-state index >= 15 is 0 Å². The molecule has 2 heteroatoms. The van der Waals surface area contributed by atoms with Gasteiger partial charge in [0.15, 0.2) is 0 Å². The summed E-state index contributed by atoms with van der Waals surface area (Å²) in [4.78, 5) is 0. The molecule has 0 aliphatic rings. The van der Waals surface area contributed by atoms with E-state index in [-0.39, 0.29) is 0 Å². The van der Waals surface area contributed by atoms with Gasteiger partial charge in [-0.1, -0.05) is 75.7 Å². The second-order valence-corrected chi connectivity index (χ2v) is 18.1. The Labute approximate surface area is 103 Å². The van der Waals surface area contributed by atoms with Gasteiger partial charge in [0.2, 0.25) is 0 Å². The van der Waals surface area contributed by atoms with Crippen molar-refractivity contribution in [1.82, 2.24) is 0 Å². The van der Waals surface area contributed by atoms with Gasteiger partial charge in [-0.05, 0) is 11.1 Å². The molecule has 0 N–H and O–H groups in total. The molecule has 0 spiro atoms. The fraction of sp³-hybridized carbons (Fsp3) is 0.571. The van der Waals surface area contributed by atoms with E-state index < -0.39 is 16.1 Å². The van der Waals surface area contributed by atoms with Gasteiger partial charge in [0.1, 0.15) is 0 Å². The molecule has 0 aromatic heterocycles. The summed E-state index contributed by atoms with van der Waals surface area (Å²) in [5.74, 6) is 0. The molecule has 0 saturated carbocycles. The van der Waals surface area contributed by atoms with Crippen molar-refractivity contribution in [3.8, 4) is 0 Å². The van der Waals surface area contributed by atoms with E-state index in [1.807, 2.05) is 0 Å². The van der Waals surface area contributed by atoms with Crippen molar-refractivity contribution in [1.29, 1.82) is 0 Å². The Balaban J connectivity index is 2.98. The maximum Gasteiger partial charge on any atom is 0.0517 e. The van der Waals surface area contributed by atoms with Gasteiger partial charge < -0.3 is 0 Å². The zero-order valence-corrected chi connectivity index (χ0v) is 13.7. The van der Waals surface area contributed by atoms with Crippen LogP contribution in [0, 0.1) is 0 Å². The number of rotatable bonds is 4. The standard InChI is InChI=1S/C14H26Si2/c1-15(2,3)12-14(16(4,5)6)13-10-8-7-9-11-13/h7-11,14H,12H2,1-6H3. The van der Waals surface area contributed by atoms with Crippen LogP contribution in [0.1, 0.15) is 11.1 Å². The second kappa shape index (κ2) is 4.88. The fourth-order valence-electron chi connectivity index (χ4n) is 2.22. The molecule has 1 aromatic carbocycles. The smallest absolute Gasteiger partial charge is 0.0517 e. The van der Waals surface area contributed by atoms with Crippen LogP contribution in [0.5, 0.6) is 0 Å². The Bertz CT molecular complexity index is 317. The molecule has 0 fully saturated rings. The summed E-state index contributed by atoms with van der Waals surface area (Å²) in [5, 5.41) is 0. The van der Waals surface area contributed by atoms with Gasteiger partial charge in [-0.3, -0.25) is 0 Å². The summed E-state index contributed by atoms with van der Waals surface area (Å²) in [6.45, 7) is 15.0. The summed E-state index contributed by atoms with van der Waals surface area (Å²) in [6.07, 6.45) is 0. The lowest BCUT2D eigenvalue weighted by molar-refractivity contribution is 0.986. The number of benzene rings is 1. The molecule has 0 amide bonds. The van der Waals surface area contributed by atoms with Gasteiger partial charge in [-0.25, -0.2) is 0 Å². The van der Waals surface area contributed by atoms with Crippen LogP contribution in [0.3, 0.4) is 0 Å². The Morgan fingerprint density at radius 2 is 1.38 bits per heavy atom. The first-order valence-corrected chi connectivity index (χ1v) is 13.5. The van der Waals surface area contributed by atoms with Crippen LogP contribution in [-0.2, 0) is 0 Å². The van der Waals surface area contributed by atoms with Gasteiger partial charge in [-0.2, -0.15) is 0 Å². The third kappa shape index (κ3) is 4.26. The maximum absolute atomic E-state index is 2.50. The van der Waals surface area contributed by atoms with Crippen molar-refractivity contribution in [2.45, 2.75) is 50.9 Å². The minimum Gasteiger partial charge on any atom is -0.0695 e. The highest BCUT2D eigenvalue weighted by Crippen LogP contribution is 2.34. The lowest BCUT2D eigenvalue weighted by atomic mass is 10.2. The van der Waals surface area contributed by atoms with E-state index in [2.05, 4.69) is 69.6 Å². The monoisotopic (exact) mass is 250 g/mol. The average molecular weight is 251 g/mol. The SMILES string of the molecule is C[Si](C)(C)CC(c1ccccc1)[Si](C)(C)C. The van der Waals surface area contributed by atoms with Crippen LogP contribution in [-0.4, -0.2) is 16.1 Å². The predicted molar refractivity (Wildman–Crippen MR) is 80.7 cm³/mol. The Kier molecular flexibility index (Phi) is 4.19. The second-order valence-electron chi connectivity index (χ2n) is 7.09. The quantitative estimate of drug-likeness (QED) is 0.661. The van der Waals surface area contributed by atoms with Crippen molar-refractivity contribution in [2.24, 2.45) is 0 Å². The molecule has 0 aliphatic heterocycles. The van der Waals surface area contributed by atoms with Crippen molar-refractivity contribution < 1.29 is 0 Å².